The van der Waals surface area contributed by atoms with Gasteiger partial charge in [0.1, 0.15) is 0 Å². The first-order valence-corrected chi connectivity index (χ1v) is 6.04. The Morgan fingerprint density at radius 1 is 1.60 bits per heavy atom. The van der Waals surface area contributed by atoms with E-state index in [2.05, 4.69) is 12.2 Å². The second kappa shape index (κ2) is 4.92. The van der Waals surface area contributed by atoms with Crippen molar-refractivity contribution in [2.24, 2.45) is 11.1 Å². The van der Waals surface area contributed by atoms with Gasteiger partial charge < -0.3 is 11.1 Å². The van der Waals surface area contributed by atoms with Crippen molar-refractivity contribution in [3.63, 3.8) is 0 Å². The van der Waals surface area contributed by atoms with E-state index in [9.17, 15) is 4.79 Å². The molecule has 0 spiro atoms. The van der Waals surface area contributed by atoms with Crippen molar-refractivity contribution in [1.29, 1.82) is 0 Å². The molecular weight excluding hydrogens is 208 g/mol. The summed E-state index contributed by atoms with van der Waals surface area (Å²) in [6.45, 7) is 4.13. The van der Waals surface area contributed by atoms with Crippen LogP contribution in [0.4, 0.5) is 0 Å². The number of amides is 1. The van der Waals surface area contributed by atoms with E-state index in [0.717, 1.165) is 32.1 Å². The molecule has 86 valence electrons. The van der Waals surface area contributed by atoms with Crippen molar-refractivity contribution in [3.8, 4) is 0 Å². The van der Waals surface area contributed by atoms with Crippen LogP contribution < -0.4 is 11.1 Å². The third kappa shape index (κ3) is 2.48. The predicted octanol–water partition coefficient (Wildman–Crippen LogP) is 1.75. The van der Waals surface area contributed by atoms with Crippen LogP contribution in [0.5, 0.6) is 0 Å². The first kappa shape index (κ1) is 12.4. The van der Waals surface area contributed by atoms with Crippen LogP contribution in [0.1, 0.15) is 46.0 Å². The highest BCUT2D eigenvalue weighted by Gasteiger charge is 2.47. The van der Waals surface area contributed by atoms with Gasteiger partial charge in [0.05, 0.1) is 10.4 Å². The third-order valence-corrected chi connectivity index (χ3v) is 3.60. The fourth-order valence-corrected chi connectivity index (χ4v) is 2.28. The number of hydrogen-bond acceptors (Lipinski definition) is 2. The van der Waals surface area contributed by atoms with Crippen LogP contribution in [0, 0.1) is 5.41 Å². The Labute approximate surface area is 96.8 Å². The van der Waals surface area contributed by atoms with Crippen molar-refractivity contribution < 1.29 is 4.79 Å². The minimum absolute atomic E-state index is 0.0298. The van der Waals surface area contributed by atoms with E-state index < -0.39 is 5.41 Å². The van der Waals surface area contributed by atoms with E-state index in [0.29, 0.717) is 4.99 Å². The minimum Gasteiger partial charge on any atom is -0.392 e. The van der Waals surface area contributed by atoms with Crippen LogP contribution in [0.2, 0.25) is 0 Å². The molecule has 1 atom stereocenters. The van der Waals surface area contributed by atoms with Gasteiger partial charge in [-0.25, -0.2) is 0 Å². The molecule has 0 aromatic carbocycles. The molecule has 1 fully saturated rings. The Morgan fingerprint density at radius 2 is 2.20 bits per heavy atom. The molecule has 0 aromatic heterocycles. The number of nitrogens with one attached hydrogen (secondary N) is 1. The maximum atomic E-state index is 12.0. The fourth-order valence-electron chi connectivity index (χ4n) is 1.98. The van der Waals surface area contributed by atoms with E-state index in [1.165, 1.54) is 0 Å². The van der Waals surface area contributed by atoms with Crippen molar-refractivity contribution in [1.82, 2.24) is 5.32 Å². The number of carbonyl (C=O) groups is 1. The SMILES string of the molecule is CCCC(C)NC(=O)C1(C(N)=S)CCC1. The molecule has 0 bridgehead atoms. The zero-order valence-electron chi connectivity index (χ0n) is 9.51. The first-order chi connectivity index (χ1) is 7.03. The molecule has 0 aromatic rings. The Morgan fingerprint density at radius 3 is 2.53 bits per heavy atom. The van der Waals surface area contributed by atoms with Crippen LogP contribution in [0.15, 0.2) is 0 Å². The maximum absolute atomic E-state index is 12.0. The average Bonchev–Trinajstić information content (AvgIpc) is 2.00. The van der Waals surface area contributed by atoms with Crippen molar-refractivity contribution in [2.45, 2.75) is 52.0 Å². The molecule has 1 unspecified atom stereocenters. The van der Waals surface area contributed by atoms with Gasteiger partial charge in [0.15, 0.2) is 0 Å². The Balaban J connectivity index is 2.55. The molecule has 1 aliphatic rings. The van der Waals surface area contributed by atoms with Crippen LogP contribution in [0.25, 0.3) is 0 Å². The Kier molecular flexibility index (Phi) is 4.08. The summed E-state index contributed by atoms with van der Waals surface area (Å²) in [5.41, 5.74) is 5.12. The molecular formula is C11H20N2OS. The van der Waals surface area contributed by atoms with E-state index in [1.807, 2.05) is 6.92 Å². The van der Waals surface area contributed by atoms with Crippen molar-refractivity contribution in [3.05, 3.63) is 0 Å². The Hall–Kier alpha value is -0.640. The molecule has 1 rings (SSSR count). The normalized spacial score (nSPS) is 20.1. The van der Waals surface area contributed by atoms with Gasteiger partial charge in [-0.2, -0.15) is 0 Å². The molecule has 3 N–H and O–H groups in total. The third-order valence-electron chi connectivity index (χ3n) is 3.21. The van der Waals surface area contributed by atoms with E-state index in [1.54, 1.807) is 0 Å². The van der Waals surface area contributed by atoms with Gasteiger partial charge in [0.2, 0.25) is 5.91 Å². The van der Waals surface area contributed by atoms with Crippen molar-refractivity contribution >= 4 is 23.1 Å². The van der Waals surface area contributed by atoms with Gasteiger partial charge in [-0.3, -0.25) is 4.79 Å². The number of rotatable bonds is 5. The summed E-state index contributed by atoms with van der Waals surface area (Å²) >= 11 is 4.99. The minimum atomic E-state index is -0.530. The monoisotopic (exact) mass is 228 g/mol. The zero-order valence-corrected chi connectivity index (χ0v) is 10.3. The first-order valence-electron chi connectivity index (χ1n) is 5.64. The van der Waals surface area contributed by atoms with Crippen LogP contribution >= 0.6 is 12.2 Å². The smallest absolute Gasteiger partial charge is 0.233 e. The maximum Gasteiger partial charge on any atom is 0.233 e. The molecule has 0 aliphatic heterocycles. The second-order valence-corrected chi connectivity index (χ2v) is 4.90. The van der Waals surface area contributed by atoms with Gasteiger partial charge in [-0.05, 0) is 26.2 Å². The molecule has 0 radical (unpaired) electrons. The lowest BCUT2D eigenvalue weighted by Crippen LogP contribution is -2.54. The summed E-state index contributed by atoms with van der Waals surface area (Å²) in [6.07, 6.45) is 4.74. The molecule has 3 nitrogen and oxygen atoms in total. The molecule has 1 amide bonds. The fraction of sp³-hybridized carbons (Fsp3) is 0.818. The number of nitrogens with two attached hydrogens (primary N) is 1. The summed E-state index contributed by atoms with van der Waals surface area (Å²) < 4.78 is 0. The molecule has 4 heteroatoms. The quantitative estimate of drug-likeness (QED) is 0.705. The van der Waals surface area contributed by atoms with Crippen LogP contribution in [-0.4, -0.2) is 16.9 Å². The molecule has 0 heterocycles. The Bertz CT molecular complexity index is 261. The number of thiocarbonyl (C=S) groups is 1. The van der Waals surface area contributed by atoms with Gasteiger partial charge in [0.25, 0.3) is 0 Å². The highest BCUT2D eigenvalue weighted by atomic mass is 32.1. The summed E-state index contributed by atoms with van der Waals surface area (Å²) in [6, 6.07) is 0.217. The van der Waals surface area contributed by atoms with Gasteiger partial charge in [-0.15, -0.1) is 0 Å². The van der Waals surface area contributed by atoms with E-state index in [4.69, 9.17) is 18.0 Å². The largest absolute Gasteiger partial charge is 0.392 e. The molecule has 1 saturated carbocycles. The van der Waals surface area contributed by atoms with Gasteiger partial charge in [-0.1, -0.05) is 32.0 Å². The lowest BCUT2D eigenvalue weighted by molar-refractivity contribution is -0.131. The molecule has 1 aliphatic carbocycles. The van der Waals surface area contributed by atoms with Gasteiger partial charge in [0, 0.05) is 6.04 Å². The highest BCUT2D eigenvalue weighted by Crippen LogP contribution is 2.41. The lowest BCUT2D eigenvalue weighted by atomic mass is 9.68. The lowest BCUT2D eigenvalue weighted by Gasteiger charge is -2.39. The second-order valence-electron chi connectivity index (χ2n) is 4.46. The molecule has 0 saturated heterocycles. The molecule has 15 heavy (non-hydrogen) atoms. The topological polar surface area (TPSA) is 55.1 Å². The van der Waals surface area contributed by atoms with Crippen molar-refractivity contribution in [2.75, 3.05) is 0 Å². The van der Waals surface area contributed by atoms with E-state index in [-0.39, 0.29) is 11.9 Å². The summed E-state index contributed by atoms with van der Waals surface area (Å²) in [5.74, 6) is 0.0298. The summed E-state index contributed by atoms with van der Waals surface area (Å²) in [5, 5.41) is 3.00. The number of carbonyl (C=O) groups excluding carboxylic acids is 1. The van der Waals surface area contributed by atoms with Crippen LogP contribution in [-0.2, 0) is 4.79 Å². The predicted molar refractivity (Wildman–Crippen MR) is 65.6 cm³/mol. The number of hydrogen-bond donors (Lipinski definition) is 2. The van der Waals surface area contributed by atoms with E-state index >= 15 is 0 Å². The average molecular weight is 228 g/mol. The summed E-state index contributed by atoms with van der Waals surface area (Å²) in [4.78, 5) is 12.4. The summed E-state index contributed by atoms with van der Waals surface area (Å²) in [7, 11) is 0. The van der Waals surface area contributed by atoms with Gasteiger partial charge >= 0.3 is 0 Å². The van der Waals surface area contributed by atoms with Crippen LogP contribution in [0.3, 0.4) is 0 Å². The zero-order chi connectivity index (χ0) is 11.5. The highest BCUT2D eigenvalue weighted by molar-refractivity contribution is 7.80. The standard InChI is InChI=1S/C11H20N2OS/c1-3-5-8(2)13-10(14)11(9(12)15)6-4-7-11/h8H,3-7H2,1-2H3,(H2,12,15)(H,13,14).